The van der Waals surface area contributed by atoms with Crippen LogP contribution >= 0.6 is 24.0 Å². The van der Waals surface area contributed by atoms with E-state index in [2.05, 4.69) is 10.4 Å². The zero-order valence-corrected chi connectivity index (χ0v) is 15.0. The first-order valence-corrected chi connectivity index (χ1v) is 8.30. The van der Waals surface area contributed by atoms with Gasteiger partial charge in [-0.2, -0.15) is 5.10 Å². The summed E-state index contributed by atoms with van der Waals surface area (Å²) < 4.78 is 1.68. The molecular weight excluding hydrogens is 347 g/mol. The molecule has 1 aromatic carbocycles. The molecule has 0 radical (unpaired) electrons. The van der Waals surface area contributed by atoms with Crippen molar-refractivity contribution in [2.24, 2.45) is 18.9 Å². The molecule has 2 aromatic rings. The number of carbonyl (C=O) groups is 1. The first kappa shape index (κ1) is 17.3. The number of carbonyl (C=O) groups excluding carboxylic acids is 1. The molecule has 2 saturated heterocycles. The third-order valence-electron chi connectivity index (χ3n) is 4.86. The van der Waals surface area contributed by atoms with Crippen molar-refractivity contribution in [1.82, 2.24) is 20.0 Å². The van der Waals surface area contributed by atoms with Gasteiger partial charge in [0.05, 0.1) is 10.6 Å². The number of amides is 1. The fraction of sp³-hybridized carbons (Fsp3) is 0.412. The summed E-state index contributed by atoms with van der Waals surface area (Å²) in [5.41, 5.74) is 2.10. The van der Waals surface area contributed by atoms with Crippen molar-refractivity contribution in [3.63, 3.8) is 0 Å². The van der Waals surface area contributed by atoms with Gasteiger partial charge < -0.3 is 10.2 Å². The standard InChI is InChI=1S/C17H19ClN4O.ClH/c1-21-10-14(16(20-21)13-4-2-3-5-15(13)18)17(23)22-8-11-6-19-7-12(11)9-22;/h2-5,10-12,19H,6-9H2,1H3;1H/t11-,12+;. The summed E-state index contributed by atoms with van der Waals surface area (Å²) in [5.74, 6) is 1.22. The number of nitrogens with zero attached hydrogens (tertiary/aromatic N) is 3. The molecule has 2 atom stereocenters. The molecule has 0 unspecified atom stereocenters. The molecular formula is C17H20Cl2N4O. The van der Waals surface area contributed by atoms with Crippen LogP contribution in [0.15, 0.2) is 30.5 Å². The fourth-order valence-electron chi connectivity index (χ4n) is 3.69. The van der Waals surface area contributed by atoms with Crippen molar-refractivity contribution in [2.45, 2.75) is 0 Å². The summed E-state index contributed by atoms with van der Waals surface area (Å²) in [6.07, 6.45) is 1.80. The SMILES string of the molecule is Cl.Cn1cc(C(=O)N2C[C@H]3CNC[C@H]3C2)c(-c2ccccc2Cl)n1. The lowest BCUT2D eigenvalue weighted by molar-refractivity contribution is 0.0782. The van der Waals surface area contributed by atoms with E-state index in [1.54, 1.807) is 10.9 Å². The molecule has 1 N–H and O–H groups in total. The van der Waals surface area contributed by atoms with Gasteiger partial charge >= 0.3 is 0 Å². The van der Waals surface area contributed by atoms with Crippen LogP contribution in [0.2, 0.25) is 5.02 Å². The maximum Gasteiger partial charge on any atom is 0.257 e. The van der Waals surface area contributed by atoms with Crippen LogP contribution in [0, 0.1) is 11.8 Å². The molecule has 1 aromatic heterocycles. The van der Waals surface area contributed by atoms with Gasteiger partial charge in [0.25, 0.3) is 5.91 Å². The van der Waals surface area contributed by atoms with E-state index in [4.69, 9.17) is 11.6 Å². The topological polar surface area (TPSA) is 50.2 Å². The van der Waals surface area contributed by atoms with Gasteiger partial charge in [0, 0.05) is 45.0 Å². The minimum absolute atomic E-state index is 0. The number of hydrogen-bond donors (Lipinski definition) is 1. The first-order valence-electron chi connectivity index (χ1n) is 7.92. The van der Waals surface area contributed by atoms with Crippen molar-refractivity contribution in [3.05, 3.63) is 41.0 Å². The average Bonchev–Trinajstić information content (AvgIpc) is 3.20. The van der Waals surface area contributed by atoms with Crippen LogP contribution in [-0.2, 0) is 7.05 Å². The van der Waals surface area contributed by atoms with Gasteiger partial charge in [-0.3, -0.25) is 9.48 Å². The van der Waals surface area contributed by atoms with Gasteiger partial charge in [0.1, 0.15) is 5.69 Å². The Balaban J connectivity index is 0.00000169. The number of fused-ring (bicyclic) bond motifs is 1. The number of aromatic nitrogens is 2. The number of rotatable bonds is 2. The number of hydrogen-bond acceptors (Lipinski definition) is 3. The highest BCUT2D eigenvalue weighted by Crippen LogP contribution is 2.32. The van der Waals surface area contributed by atoms with Crippen LogP contribution in [0.4, 0.5) is 0 Å². The van der Waals surface area contributed by atoms with Crippen LogP contribution in [-0.4, -0.2) is 46.8 Å². The molecule has 24 heavy (non-hydrogen) atoms. The number of nitrogens with one attached hydrogen (secondary N) is 1. The van der Waals surface area contributed by atoms with E-state index >= 15 is 0 Å². The van der Waals surface area contributed by atoms with Crippen molar-refractivity contribution >= 4 is 29.9 Å². The predicted molar refractivity (Wildman–Crippen MR) is 96.7 cm³/mol. The number of halogens is 2. The Morgan fingerprint density at radius 2 is 1.92 bits per heavy atom. The molecule has 0 aliphatic carbocycles. The van der Waals surface area contributed by atoms with Crippen LogP contribution in [0.5, 0.6) is 0 Å². The van der Waals surface area contributed by atoms with E-state index in [1.165, 1.54) is 0 Å². The third kappa shape index (κ3) is 2.92. The fourth-order valence-corrected chi connectivity index (χ4v) is 3.91. The molecule has 2 fully saturated rings. The molecule has 1 amide bonds. The molecule has 3 heterocycles. The molecule has 2 aliphatic rings. The zero-order valence-electron chi connectivity index (χ0n) is 13.4. The van der Waals surface area contributed by atoms with Gasteiger partial charge in [0.15, 0.2) is 0 Å². The van der Waals surface area contributed by atoms with E-state index in [9.17, 15) is 4.79 Å². The number of aryl methyl sites for hydroxylation is 1. The van der Waals surface area contributed by atoms with Crippen molar-refractivity contribution in [2.75, 3.05) is 26.2 Å². The highest BCUT2D eigenvalue weighted by atomic mass is 35.5. The second-order valence-corrected chi connectivity index (χ2v) is 6.84. The first-order chi connectivity index (χ1) is 11.1. The summed E-state index contributed by atoms with van der Waals surface area (Å²) in [6.45, 7) is 3.68. The molecule has 7 heteroatoms. The van der Waals surface area contributed by atoms with Crippen molar-refractivity contribution in [1.29, 1.82) is 0 Å². The highest BCUT2D eigenvalue weighted by molar-refractivity contribution is 6.33. The van der Waals surface area contributed by atoms with Crippen LogP contribution in [0.3, 0.4) is 0 Å². The van der Waals surface area contributed by atoms with Crippen molar-refractivity contribution in [3.8, 4) is 11.3 Å². The normalized spacial score (nSPS) is 22.3. The monoisotopic (exact) mass is 366 g/mol. The lowest BCUT2D eigenvalue weighted by Gasteiger charge is -2.17. The van der Waals surface area contributed by atoms with Gasteiger partial charge in [-0.25, -0.2) is 0 Å². The van der Waals surface area contributed by atoms with E-state index in [1.807, 2.05) is 36.2 Å². The third-order valence-corrected chi connectivity index (χ3v) is 5.19. The maximum atomic E-state index is 13.0. The van der Waals surface area contributed by atoms with Gasteiger partial charge in [0.2, 0.25) is 0 Å². The summed E-state index contributed by atoms with van der Waals surface area (Å²) in [5, 5.41) is 8.49. The average molecular weight is 367 g/mol. The van der Waals surface area contributed by atoms with E-state index in [0.717, 1.165) is 31.7 Å². The Morgan fingerprint density at radius 1 is 1.25 bits per heavy atom. The second kappa shape index (κ2) is 6.75. The smallest absolute Gasteiger partial charge is 0.257 e. The summed E-state index contributed by atoms with van der Waals surface area (Å²) >= 11 is 6.30. The van der Waals surface area contributed by atoms with Gasteiger partial charge in [-0.15, -0.1) is 12.4 Å². The summed E-state index contributed by atoms with van der Waals surface area (Å²) in [6, 6.07) is 7.52. The van der Waals surface area contributed by atoms with E-state index < -0.39 is 0 Å². The molecule has 5 nitrogen and oxygen atoms in total. The highest BCUT2D eigenvalue weighted by Gasteiger charge is 2.39. The van der Waals surface area contributed by atoms with Crippen LogP contribution < -0.4 is 5.32 Å². The Hall–Kier alpha value is -1.56. The zero-order chi connectivity index (χ0) is 16.0. The lowest BCUT2D eigenvalue weighted by Crippen LogP contribution is -2.32. The molecule has 2 aliphatic heterocycles. The van der Waals surface area contributed by atoms with Crippen molar-refractivity contribution < 1.29 is 4.79 Å². The number of likely N-dealkylation sites (tertiary alicyclic amines) is 1. The minimum Gasteiger partial charge on any atom is -0.338 e. The minimum atomic E-state index is 0. The molecule has 4 rings (SSSR count). The Labute approximate surface area is 152 Å². The van der Waals surface area contributed by atoms with Crippen LogP contribution in [0.25, 0.3) is 11.3 Å². The Morgan fingerprint density at radius 3 is 2.58 bits per heavy atom. The molecule has 0 saturated carbocycles. The molecule has 0 bridgehead atoms. The summed E-state index contributed by atoms with van der Waals surface area (Å²) in [7, 11) is 1.83. The Bertz CT molecular complexity index is 749. The maximum absolute atomic E-state index is 13.0. The van der Waals surface area contributed by atoms with Gasteiger partial charge in [-0.05, 0) is 17.9 Å². The van der Waals surface area contributed by atoms with E-state index in [-0.39, 0.29) is 18.3 Å². The Kier molecular flexibility index (Phi) is 4.85. The van der Waals surface area contributed by atoms with E-state index in [0.29, 0.717) is 28.1 Å². The summed E-state index contributed by atoms with van der Waals surface area (Å²) in [4.78, 5) is 15.0. The quantitative estimate of drug-likeness (QED) is 0.887. The largest absolute Gasteiger partial charge is 0.338 e. The number of benzene rings is 1. The predicted octanol–water partition coefficient (Wildman–Crippen LogP) is 2.45. The molecule has 128 valence electrons. The van der Waals surface area contributed by atoms with Gasteiger partial charge in [-0.1, -0.05) is 29.8 Å². The molecule has 0 spiro atoms. The van der Waals surface area contributed by atoms with Crippen LogP contribution in [0.1, 0.15) is 10.4 Å². The lowest BCUT2D eigenvalue weighted by atomic mass is 10.0. The second-order valence-electron chi connectivity index (χ2n) is 6.43.